The number of anilines is 1. The lowest BCUT2D eigenvalue weighted by Gasteiger charge is -2.25. The molecule has 2 aliphatic rings. The van der Waals surface area contributed by atoms with Crippen LogP contribution in [0.5, 0.6) is 5.88 Å². The average Bonchev–Trinajstić information content (AvgIpc) is 3.36. The number of ether oxygens (including phenoxy) is 1. The Morgan fingerprint density at radius 3 is 2.94 bits per heavy atom. The van der Waals surface area contributed by atoms with E-state index in [1.165, 1.54) is 6.20 Å². The van der Waals surface area contributed by atoms with E-state index in [4.69, 9.17) is 14.9 Å². The van der Waals surface area contributed by atoms with Crippen LogP contribution in [0.4, 0.5) is 10.5 Å². The van der Waals surface area contributed by atoms with Crippen molar-refractivity contribution in [1.29, 1.82) is 0 Å². The molecule has 0 aromatic carbocycles. The third-order valence-corrected chi connectivity index (χ3v) is 7.23. The number of amides is 2. The Hall–Kier alpha value is -2.50. The van der Waals surface area contributed by atoms with Crippen LogP contribution >= 0.6 is 0 Å². The minimum Gasteiger partial charge on any atom is -0.475 e. The van der Waals surface area contributed by atoms with Gasteiger partial charge in [-0.1, -0.05) is 20.8 Å². The molecule has 2 aromatic rings. The Labute approximate surface area is 188 Å². The molecule has 4 rings (SSSR count). The van der Waals surface area contributed by atoms with E-state index >= 15 is 0 Å². The first-order valence-corrected chi connectivity index (χ1v) is 12.6. The van der Waals surface area contributed by atoms with Gasteiger partial charge < -0.3 is 15.4 Å². The van der Waals surface area contributed by atoms with Crippen molar-refractivity contribution in [2.75, 3.05) is 18.5 Å². The molecule has 1 aliphatic heterocycles. The van der Waals surface area contributed by atoms with Crippen molar-refractivity contribution in [2.24, 2.45) is 9.50 Å². The van der Waals surface area contributed by atoms with Gasteiger partial charge in [-0.15, -0.1) is 4.36 Å². The summed E-state index contributed by atoms with van der Waals surface area (Å²) in [5, 5.41) is 16.4. The Morgan fingerprint density at radius 1 is 1.44 bits per heavy atom. The Bertz CT molecular complexity index is 1160. The Morgan fingerprint density at radius 2 is 2.22 bits per heavy atom. The number of aryl methyl sites for hydroxylation is 1. The van der Waals surface area contributed by atoms with Crippen LogP contribution in [0.25, 0.3) is 0 Å². The zero-order valence-electron chi connectivity index (χ0n) is 19.0. The maximum Gasteiger partial charge on any atom is 0.354 e. The zero-order chi connectivity index (χ0) is 23.0. The van der Waals surface area contributed by atoms with Crippen molar-refractivity contribution < 1.29 is 13.7 Å². The number of nitrogens with two attached hydrogens (primary N) is 1. The molecule has 2 aromatic heterocycles. The van der Waals surface area contributed by atoms with Crippen LogP contribution in [0, 0.1) is 6.92 Å². The lowest BCUT2D eigenvalue weighted by atomic mass is 9.99. The number of urea groups is 1. The van der Waals surface area contributed by atoms with Gasteiger partial charge in [0.15, 0.2) is 9.92 Å². The van der Waals surface area contributed by atoms with Crippen LogP contribution in [0.1, 0.15) is 55.6 Å². The van der Waals surface area contributed by atoms with Gasteiger partial charge in [-0.2, -0.15) is 5.10 Å². The van der Waals surface area contributed by atoms with Gasteiger partial charge in [-0.3, -0.25) is 4.98 Å². The first-order chi connectivity index (χ1) is 15.2. The van der Waals surface area contributed by atoms with Crippen LogP contribution in [-0.2, 0) is 29.3 Å². The summed E-state index contributed by atoms with van der Waals surface area (Å²) in [6.45, 7) is 9.86. The average molecular weight is 462 g/mol. The van der Waals surface area contributed by atoms with E-state index in [2.05, 4.69) is 33.9 Å². The van der Waals surface area contributed by atoms with Crippen molar-refractivity contribution in [1.82, 2.24) is 20.1 Å². The van der Waals surface area contributed by atoms with Crippen molar-refractivity contribution in [3.05, 3.63) is 28.7 Å². The number of hydrogen-bond acceptors (Lipinski definition) is 6. The quantitative estimate of drug-likeness (QED) is 0.626. The molecule has 11 heteroatoms. The lowest BCUT2D eigenvalue weighted by molar-refractivity contribution is 0.180. The summed E-state index contributed by atoms with van der Waals surface area (Å²) < 4.78 is 24.4. The van der Waals surface area contributed by atoms with E-state index in [-0.39, 0.29) is 16.9 Å². The molecule has 0 spiro atoms. The standard InChI is InChI=1S/C21H31N7O3S/c1-5-23-14-10-28-20(31-11-14)17(9-24-28)32(22,30)27-21(29)26-19-13(4)18(12(2)3)25-16-8-6-7-15(16)19/h9,12,14,23H,5-8,10-11H2,1-4H3,(H3,22,25,26,27,29,30). The van der Waals surface area contributed by atoms with Crippen LogP contribution < -0.4 is 20.5 Å². The molecule has 0 bridgehead atoms. The summed E-state index contributed by atoms with van der Waals surface area (Å²) in [4.78, 5) is 17.8. The minimum absolute atomic E-state index is 0.0984. The third-order valence-electron chi connectivity index (χ3n) is 5.88. The molecule has 0 fully saturated rings. The molecule has 0 saturated carbocycles. The maximum atomic E-state index is 13.2. The van der Waals surface area contributed by atoms with E-state index < -0.39 is 15.9 Å². The highest BCUT2D eigenvalue weighted by molar-refractivity contribution is 7.91. The maximum absolute atomic E-state index is 13.2. The van der Waals surface area contributed by atoms with Gasteiger partial charge in [0, 0.05) is 11.4 Å². The molecule has 4 N–H and O–H groups in total. The summed E-state index contributed by atoms with van der Waals surface area (Å²) >= 11 is 0. The second kappa shape index (κ2) is 8.80. The molecule has 1 aliphatic carbocycles. The molecular weight excluding hydrogens is 430 g/mol. The van der Waals surface area contributed by atoms with Crippen LogP contribution in [0.15, 0.2) is 15.5 Å². The van der Waals surface area contributed by atoms with Crippen molar-refractivity contribution in [3.8, 4) is 5.88 Å². The molecule has 2 unspecified atom stereocenters. The minimum atomic E-state index is -3.54. The van der Waals surface area contributed by atoms with Gasteiger partial charge in [0.1, 0.15) is 11.5 Å². The molecule has 174 valence electrons. The Balaban J connectivity index is 1.62. The second-order valence-corrected chi connectivity index (χ2v) is 10.3. The number of carbonyl (C=O) groups excluding carboxylic acids is 1. The van der Waals surface area contributed by atoms with E-state index in [0.717, 1.165) is 48.3 Å². The van der Waals surface area contributed by atoms with Crippen LogP contribution in [0.3, 0.4) is 0 Å². The van der Waals surface area contributed by atoms with Crippen molar-refractivity contribution >= 4 is 21.6 Å². The normalized spacial score (nSPS) is 19.1. The summed E-state index contributed by atoms with van der Waals surface area (Å²) in [6.07, 6.45) is 4.09. The number of rotatable bonds is 5. The predicted molar refractivity (Wildman–Crippen MR) is 122 cm³/mol. The highest BCUT2D eigenvalue weighted by Gasteiger charge is 2.28. The zero-order valence-corrected chi connectivity index (χ0v) is 19.8. The number of likely N-dealkylation sites (N-methyl/N-ethyl adjacent to an activating group) is 1. The van der Waals surface area contributed by atoms with E-state index in [9.17, 15) is 9.00 Å². The van der Waals surface area contributed by atoms with Gasteiger partial charge in [0.05, 0.1) is 24.5 Å². The number of carbonyl (C=O) groups is 1. The summed E-state index contributed by atoms with van der Waals surface area (Å²) in [6, 6.07) is -0.655. The number of nitrogens with one attached hydrogen (secondary N) is 2. The molecule has 3 heterocycles. The fraction of sp³-hybridized carbons (Fsp3) is 0.571. The molecular formula is C21H31N7O3S. The number of nitrogens with zero attached hydrogens (tertiary/aromatic N) is 4. The number of pyridine rings is 1. The van der Waals surface area contributed by atoms with Crippen LogP contribution in [0.2, 0.25) is 0 Å². The topological polar surface area (TPSA) is 137 Å². The van der Waals surface area contributed by atoms with Gasteiger partial charge >= 0.3 is 6.03 Å². The number of hydrogen-bond donors (Lipinski definition) is 3. The molecule has 0 radical (unpaired) electrons. The number of fused-ring (bicyclic) bond motifs is 2. The molecule has 0 saturated heterocycles. The van der Waals surface area contributed by atoms with E-state index in [0.29, 0.717) is 24.7 Å². The first kappa shape index (κ1) is 22.7. The third kappa shape index (κ3) is 4.24. The number of aromatic nitrogens is 3. The molecule has 2 amide bonds. The smallest absolute Gasteiger partial charge is 0.354 e. The molecule has 32 heavy (non-hydrogen) atoms. The first-order valence-electron chi connectivity index (χ1n) is 11.0. The second-order valence-electron chi connectivity index (χ2n) is 8.58. The highest BCUT2D eigenvalue weighted by Crippen LogP contribution is 2.35. The Kier molecular flexibility index (Phi) is 6.24. The lowest BCUT2D eigenvalue weighted by Crippen LogP contribution is -2.42. The largest absolute Gasteiger partial charge is 0.475 e. The summed E-state index contributed by atoms with van der Waals surface area (Å²) in [5.41, 5.74) is 4.61. The summed E-state index contributed by atoms with van der Waals surface area (Å²) in [7, 11) is -3.54. The fourth-order valence-corrected chi connectivity index (χ4v) is 5.43. The molecule has 10 nitrogen and oxygen atoms in total. The van der Waals surface area contributed by atoms with Crippen LogP contribution in [-0.4, -0.2) is 44.2 Å². The highest BCUT2D eigenvalue weighted by atomic mass is 32.2. The van der Waals surface area contributed by atoms with E-state index in [1.807, 2.05) is 13.8 Å². The van der Waals surface area contributed by atoms with Gasteiger partial charge in [0.2, 0.25) is 5.88 Å². The van der Waals surface area contributed by atoms with Gasteiger partial charge in [0.25, 0.3) is 0 Å². The summed E-state index contributed by atoms with van der Waals surface area (Å²) in [5.74, 6) is 0.514. The van der Waals surface area contributed by atoms with Crippen molar-refractivity contribution in [3.63, 3.8) is 0 Å². The monoisotopic (exact) mass is 461 g/mol. The van der Waals surface area contributed by atoms with E-state index in [1.54, 1.807) is 4.68 Å². The SMILES string of the molecule is CCNC1COc2c(S(N)(=O)=NC(=O)Nc3c(C)c(C(C)C)nc4c3CCC4)cnn2C1. The van der Waals surface area contributed by atoms with Gasteiger partial charge in [-0.25, -0.2) is 18.8 Å². The van der Waals surface area contributed by atoms with Gasteiger partial charge in [-0.05, 0) is 49.8 Å². The predicted octanol–water partition coefficient (Wildman–Crippen LogP) is 2.50. The van der Waals surface area contributed by atoms with Crippen molar-refractivity contribution in [2.45, 2.75) is 70.4 Å². The fourth-order valence-electron chi connectivity index (χ4n) is 4.42. The molecule has 2 atom stereocenters.